The van der Waals surface area contributed by atoms with Gasteiger partial charge in [0.2, 0.25) is 0 Å². The molecule has 0 saturated heterocycles. The maximum absolute atomic E-state index is 9.39. The zero-order chi connectivity index (χ0) is 22.7. The van der Waals surface area contributed by atoms with Crippen molar-refractivity contribution in [2.45, 2.75) is 42.5 Å². The molecule has 0 unspecified atom stereocenters. The van der Waals surface area contributed by atoms with E-state index in [9.17, 15) is 10.4 Å². The first-order valence-electron chi connectivity index (χ1n) is 9.14. The largest absolute Gasteiger partial charge is 0.473 e. The van der Waals surface area contributed by atoms with Gasteiger partial charge in [0.05, 0.1) is 12.2 Å². The van der Waals surface area contributed by atoms with Crippen LogP contribution in [0.3, 0.4) is 0 Å². The highest BCUT2D eigenvalue weighted by Gasteiger charge is 2.20. The van der Waals surface area contributed by atoms with Crippen LogP contribution in [0.4, 0.5) is 0 Å². The Morgan fingerprint density at radius 3 is 2.20 bits per heavy atom. The van der Waals surface area contributed by atoms with E-state index in [1.807, 2.05) is 42.5 Å². The van der Waals surface area contributed by atoms with Gasteiger partial charge in [-0.3, -0.25) is 0 Å². The van der Waals surface area contributed by atoms with Crippen molar-refractivity contribution in [3.05, 3.63) is 59.3 Å². The zero-order valence-electron chi connectivity index (χ0n) is 16.7. The van der Waals surface area contributed by atoms with Gasteiger partial charge in [0.25, 0.3) is 0 Å². The van der Waals surface area contributed by atoms with Crippen LogP contribution in [0.15, 0.2) is 47.5 Å². The Bertz CT molecular complexity index is 872. The molecule has 2 rings (SSSR count). The fraction of sp³-hybridized carbons (Fsp3) is 0.333. The summed E-state index contributed by atoms with van der Waals surface area (Å²) in [7, 11) is 0. The Morgan fingerprint density at radius 1 is 1.13 bits per heavy atom. The molecule has 2 aromatic rings. The quantitative estimate of drug-likeness (QED) is 0.382. The molecule has 0 radical (unpaired) electrons. The number of hydrogen-bond donors (Lipinski definition) is 4. The molecule has 9 heteroatoms. The second-order valence-corrected chi connectivity index (χ2v) is 7.85. The van der Waals surface area contributed by atoms with Crippen LogP contribution in [0.5, 0.6) is 0 Å². The summed E-state index contributed by atoms with van der Waals surface area (Å²) in [5, 5.41) is 34.2. The topological polar surface area (TPSA) is 158 Å². The Hall–Kier alpha value is -2.93. The lowest BCUT2D eigenvalue weighted by molar-refractivity contribution is -0.159. The number of nitrogens with zero attached hydrogens (tertiary/aromatic N) is 2. The first kappa shape index (κ1) is 25.1. The van der Waals surface area contributed by atoms with Crippen LogP contribution in [-0.4, -0.2) is 44.9 Å². The minimum atomic E-state index is -1.82. The van der Waals surface area contributed by atoms with E-state index in [4.69, 9.17) is 25.5 Å². The Morgan fingerprint density at radius 2 is 1.73 bits per heavy atom. The predicted molar refractivity (Wildman–Crippen MR) is 113 cm³/mol. The van der Waals surface area contributed by atoms with Crippen LogP contribution < -0.4 is 5.73 Å². The van der Waals surface area contributed by atoms with Crippen LogP contribution in [-0.2, 0) is 9.59 Å². The van der Waals surface area contributed by atoms with E-state index in [1.165, 1.54) is 0 Å². The molecule has 0 fully saturated rings. The van der Waals surface area contributed by atoms with Gasteiger partial charge in [0.15, 0.2) is 0 Å². The highest BCUT2D eigenvalue weighted by Crippen LogP contribution is 2.39. The van der Waals surface area contributed by atoms with Gasteiger partial charge in [-0.2, -0.15) is 5.26 Å². The lowest BCUT2D eigenvalue weighted by atomic mass is 10.1. The normalized spacial score (nSPS) is 12.3. The van der Waals surface area contributed by atoms with Crippen molar-refractivity contribution < 1.29 is 24.9 Å². The van der Waals surface area contributed by atoms with Gasteiger partial charge in [0, 0.05) is 17.0 Å². The number of aliphatic hydroxyl groups excluding tert-OH is 1. The highest BCUT2D eigenvalue weighted by molar-refractivity contribution is 7.99. The number of carboxylic acid groups (broad SMARTS) is 2. The molecule has 1 aromatic carbocycles. The second kappa shape index (κ2) is 12.6. The van der Waals surface area contributed by atoms with Crippen molar-refractivity contribution in [3.63, 3.8) is 0 Å². The van der Waals surface area contributed by atoms with Crippen molar-refractivity contribution in [1.82, 2.24) is 4.98 Å². The van der Waals surface area contributed by atoms with E-state index >= 15 is 0 Å². The van der Waals surface area contributed by atoms with E-state index in [0.29, 0.717) is 17.9 Å². The van der Waals surface area contributed by atoms with Gasteiger partial charge < -0.3 is 21.1 Å². The average Bonchev–Trinajstić information content (AvgIpc) is 2.73. The van der Waals surface area contributed by atoms with Crippen LogP contribution in [0.1, 0.15) is 48.3 Å². The summed E-state index contributed by atoms with van der Waals surface area (Å²) in [6.07, 6.45) is 0.615. The maximum Gasteiger partial charge on any atom is 0.414 e. The highest BCUT2D eigenvalue weighted by atomic mass is 32.2. The predicted octanol–water partition coefficient (Wildman–Crippen LogP) is 2.78. The third-order valence-corrected chi connectivity index (χ3v) is 5.24. The summed E-state index contributed by atoms with van der Waals surface area (Å²) in [6.45, 7) is 4.10. The minimum Gasteiger partial charge on any atom is -0.473 e. The van der Waals surface area contributed by atoms with Crippen molar-refractivity contribution in [2.24, 2.45) is 5.73 Å². The molecule has 0 aliphatic carbocycles. The summed E-state index contributed by atoms with van der Waals surface area (Å²) >= 11 is 1.54. The Labute approximate surface area is 179 Å². The van der Waals surface area contributed by atoms with E-state index in [-0.39, 0.29) is 17.9 Å². The smallest absolute Gasteiger partial charge is 0.414 e. The summed E-state index contributed by atoms with van der Waals surface area (Å²) < 4.78 is 0. The van der Waals surface area contributed by atoms with Crippen molar-refractivity contribution >= 4 is 23.7 Å². The fourth-order valence-electron chi connectivity index (χ4n) is 2.36. The summed E-state index contributed by atoms with van der Waals surface area (Å²) in [6, 6.07) is 15.7. The number of nitriles is 1. The molecule has 1 aromatic heterocycles. The molecule has 1 heterocycles. The molecule has 0 saturated carbocycles. The van der Waals surface area contributed by atoms with Crippen LogP contribution in [0, 0.1) is 11.3 Å². The number of aromatic nitrogens is 1. The minimum absolute atomic E-state index is 0.0374. The molecule has 30 heavy (non-hydrogen) atoms. The molecule has 0 amide bonds. The van der Waals surface area contributed by atoms with Gasteiger partial charge >= 0.3 is 11.9 Å². The second-order valence-electron chi connectivity index (χ2n) is 6.66. The fourth-order valence-corrected chi connectivity index (χ4v) is 3.66. The Balaban J connectivity index is 0.000000656. The molecule has 5 N–H and O–H groups in total. The van der Waals surface area contributed by atoms with Gasteiger partial charge in [-0.1, -0.05) is 55.9 Å². The standard InChI is InChI=1S/C19H23N3OS.C2H2O4/c1-13(2)17-9-8-15(11-20)19(22-17)24-18(10-16(21)12-23)14-6-4-3-5-7-14;3-1(4)2(5)6/h3-9,13,16,18,23H,10,12,21H2,1-2H3;(H,3,4)(H,5,6)/t16-,18+;/m0./s1. The number of pyridine rings is 1. The molecular weight excluding hydrogens is 406 g/mol. The molecule has 160 valence electrons. The average molecular weight is 432 g/mol. The lowest BCUT2D eigenvalue weighted by Crippen LogP contribution is -2.26. The first-order chi connectivity index (χ1) is 14.2. The Kier molecular flexibility index (Phi) is 10.5. The van der Waals surface area contributed by atoms with Gasteiger partial charge in [-0.05, 0) is 30.0 Å². The van der Waals surface area contributed by atoms with E-state index < -0.39 is 11.9 Å². The van der Waals surface area contributed by atoms with E-state index in [1.54, 1.807) is 11.8 Å². The zero-order valence-corrected chi connectivity index (χ0v) is 17.5. The SMILES string of the molecule is CC(C)c1ccc(C#N)c(S[C@H](C[C@H](N)CO)c2ccccc2)n1.O=C(O)C(=O)O. The molecule has 0 aliphatic heterocycles. The number of carboxylic acids is 2. The van der Waals surface area contributed by atoms with Gasteiger partial charge in [-0.15, -0.1) is 0 Å². The third kappa shape index (κ3) is 8.21. The van der Waals surface area contributed by atoms with E-state index in [0.717, 1.165) is 16.3 Å². The number of aliphatic carboxylic acids is 2. The van der Waals surface area contributed by atoms with Crippen molar-refractivity contribution in [3.8, 4) is 6.07 Å². The number of nitrogens with two attached hydrogens (primary N) is 1. The number of thioether (sulfide) groups is 1. The molecule has 0 bridgehead atoms. The molecule has 0 spiro atoms. The van der Waals surface area contributed by atoms with Crippen molar-refractivity contribution in [1.29, 1.82) is 5.26 Å². The molecular formula is C21H25N3O5S. The van der Waals surface area contributed by atoms with Crippen molar-refractivity contribution in [2.75, 3.05) is 6.61 Å². The van der Waals surface area contributed by atoms with Crippen LogP contribution in [0.2, 0.25) is 0 Å². The summed E-state index contributed by atoms with van der Waals surface area (Å²) in [4.78, 5) is 22.9. The van der Waals surface area contributed by atoms with E-state index in [2.05, 4.69) is 24.9 Å². The number of rotatable bonds is 7. The van der Waals surface area contributed by atoms with Crippen LogP contribution >= 0.6 is 11.8 Å². The number of benzene rings is 1. The molecule has 2 atom stereocenters. The molecule has 8 nitrogen and oxygen atoms in total. The first-order valence-corrected chi connectivity index (χ1v) is 10.0. The van der Waals surface area contributed by atoms with Gasteiger partial charge in [0.1, 0.15) is 11.1 Å². The summed E-state index contributed by atoms with van der Waals surface area (Å²) in [5.74, 6) is -3.35. The third-order valence-electron chi connectivity index (χ3n) is 3.95. The number of carbonyl (C=O) groups is 2. The number of aliphatic hydroxyl groups is 1. The summed E-state index contributed by atoms with van der Waals surface area (Å²) in [5.41, 5.74) is 8.62. The molecule has 0 aliphatic rings. The maximum atomic E-state index is 9.39. The monoisotopic (exact) mass is 431 g/mol. The van der Waals surface area contributed by atoms with Gasteiger partial charge in [-0.25, -0.2) is 14.6 Å². The number of hydrogen-bond acceptors (Lipinski definition) is 7. The van der Waals surface area contributed by atoms with Crippen LogP contribution in [0.25, 0.3) is 0 Å². The lowest BCUT2D eigenvalue weighted by Gasteiger charge is -2.20.